The van der Waals surface area contributed by atoms with E-state index in [1.807, 2.05) is 18.7 Å². The van der Waals surface area contributed by atoms with Crippen LogP contribution >= 0.6 is 11.8 Å². The van der Waals surface area contributed by atoms with Gasteiger partial charge in [-0.15, -0.1) is 0 Å². The summed E-state index contributed by atoms with van der Waals surface area (Å²) in [4.78, 5) is 11.1. The van der Waals surface area contributed by atoms with E-state index in [2.05, 4.69) is 6.92 Å². The third kappa shape index (κ3) is 6.32. The number of carbonyl (C=O) groups excluding carboxylic acids is 1. The van der Waals surface area contributed by atoms with Crippen molar-refractivity contribution in [2.24, 2.45) is 0 Å². The maximum atomic E-state index is 11.1. The van der Waals surface area contributed by atoms with Crippen molar-refractivity contribution < 1.29 is 14.3 Å². The Labute approximate surface area is 109 Å². The summed E-state index contributed by atoms with van der Waals surface area (Å²) in [6, 6.07) is 0. The number of ether oxygens (including phenoxy) is 2. The molecule has 1 rings (SSSR count). The minimum absolute atomic E-state index is 0.0574. The van der Waals surface area contributed by atoms with Gasteiger partial charge in [0.1, 0.15) is 0 Å². The number of thioether (sulfide) groups is 1. The highest BCUT2D eigenvalue weighted by atomic mass is 32.2. The molecule has 1 aliphatic rings. The molecule has 17 heavy (non-hydrogen) atoms. The van der Waals surface area contributed by atoms with Crippen molar-refractivity contribution in [3.05, 3.63) is 0 Å². The van der Waals surface area contributed by atoms with Gasteiger partial charge in [-0.1, -0.05) is 6.42 Å². The Kier molecular flexibility index (Phi) is 7.69. The summed E-state index contributed by atoms with van der Waals surface area (Å²) < 4.78 is 10.4. The monoisotopic (exact) mass is 260 g/mol. The zero-order chi connectivity index (χ0) is 12.5. The van der Waals surface area contributed by atoms with Crippen LogP contribution in [-0.4, -0.2) is 36.3 Å². The number of rotatable bonds is 8. The Morgan fingerprint density at radius 3 is 2.88 bits per heavy atom. The lowest BCUT2D eigenvalue weighted by atomic mass is 10.2. The van der Waals surface area contributed by atoms with E-state index >= 15 is 0 Å². The topological polar surface area (TPSA) is 35.5 Å². The highest BCUT2D eigenvalue weighted by Gasteiger charge is 2.23. The summed E-state index contributed by atoms with van der Waals surface area (Å²) in [5, 5.41) is 0.681. The molecule has 1 aliphatic heterocycles. The van der Waals surface area contributed by atoms with Crippen molar-refractivity contribution in [2.75, 3.05) is 19.0 Å². The van der Waals surface area contributed by atoms with E-state index in [4.69, 9.17) is 9.47 Å². The minimum Gasteiger partial charge on any atom is -0.466 e. The highest BCUT2D eigenvalue weighted by molar-refractivity contribution is 7.99. The SMILES string of the molecule is CCOC(=O)CCCCCSC1CCOC1C. The van der Waals surface area contributed by atoms with E-state index in [9.17, 15) is 4.79 Å². The molecule has 1 saturated heterocycles. The first-order valence-corrected chi connectivity index (χ1v) is 7.67. The van der Waals surface area contributed by atoms with Crippen LogP contribution in [0, 0.1) is 0 Å². The van der Waals surface area contributed by atoms with Crippen molar-refractivity contribution in [3.8, 4) is 0 Å². The molecule has 0 aliphatic carbocycles. The molecular formula is C13H24O3S. The number of unbranched alkanes of at least 4 members (excludes halogenated alkanes) is 2. The number of hydrogen-bond acceptors (Lipinski definition) is 4. The lowest BCUT2D eigenvalue weighted by molar-refractivity contribution is -0.143. The van der Waals surface area contributed by atoms with Gasteiger partial charge in [0.05, 0.1) is 12.7 Å². The average Bonchev–Trinajstić information content (AvgIpc) is 2.70. The first kappa shape index (κ1) is 14.8. The van der Waals surface area contributed by atoms with Gasteiger partial charge >= 0.3 is 5.97 Å². The van der Waals surface area contributed by atoms with Crippen LogP contribution in [0.15, 0.2) is 0 Å². The molecule has 100 valence electrons. The first-order chi connectivity index (χ1) is 8.24. The van der Waals surface area contributed by atoms with Gasteiger partial charge in [-0.2, -0.15) is 11.8 Å². The Hall–Kier alpha value is -0.220. The molecule has 3 nitrogen and oxygen atoms in total. The van der Waals surface area contributed by atoms with Crippen molar-refractivity contribution in [2.45, 2.75) is 57.3 Å². The molecule has 0 spiro atoms. The summed E-state index contributed by atoms with van der Waals surface area (Å²) in [6.07, 6.45) is 5.44. The van der Waals surface area contributed by atoms with Crippen molar-refractivity contribution in [1.29, 1.82) is 0 Å². The molecule has 0 aromatic heterocycles. The van der Waals surface area contributed by atoms with Gasteiger partial charge in [0.2, 0.25) is 0 Å². The Morgan fingerprint density at radius 2 is 2.24 bits per heavy atom. The maximum absolute atomic E-state index is 11.1. The Balaban J connectivity index is 1.89. The molecule has 2 atom stereocenters. The lowest BCUT2D eigenvalue weighted by Gasteiger charge is -2.12. The summed E-state index contributed by atoms with van der Waals surface area (Å²) in [7, 11) is 0. The van der Waals surface area contributed by atoms with Gasteiger partial charge in [0.15, 0.2) is 0 Å². The lowest BCUT2D eigenvalue weighted by Crippen LogP contribution is -2.13. The fourth-order valence-corrected chi connectivity index (χ4v) is 3.23. The van der Waals surface area contributed by atoms with E-state index in [0.29, 0.717) is 24.4 Å². The van der Waals surface area contributed by atoms with Crippen LogP contribution in [0.3, 0.4) is 0 Å². The zero-order valence-corrected chi connectivity index (χ0v) is 11.8. The van der Waals surface area contributed by atoms with Gasteiger partial charge in [0.25, 0.3) is 0 Å². The zero-order valence-electron chi connectivity index (χ0n) is 10.9. The minimum atomic E-state index is -0.0574. The van der Waals surface area contributed by atoms with Crippen LogP contribution < -0.4 is 0 Å². The third-order valence-electron chi connectivity index (χ3n) is 2.97. The second kappa shape index (κ2) is 8.81. The van der Waals surface area contributed by atoms with Gasteiger partial charge in [-0.25, -0.2) is 0 Å². The van der Waals surface area contributed by atoms with E-state index in [1.54, 1.807) is 0 Å². The molecule has 0 saturated carbocycles. The Morgan fingerprint density at radius 1 is 1.41 bits per heavy atom. The number of carbonyl (C=O) groups is 1. The van der Waals surface area contributed by atoms with Gasteiger partial charge in [0, 0.05) is 18.3 Å². The molecule has 0 N–H and O–H groups in total. The highest BCUT2D eigenvalue weighted by Crippen LogP contribution is 2.27. The molecular weight excluding hydrogens is 236 g/mol. The van der Waals surface area contributed by atoms with Crippen LogP contribution in [0.5, 0.6) is 0 Å². The first-order valence-electron chi connectivity index (χ1n) is 6.63. The largest absolute Gasteiger partial charge is 0.466 e. The second-order valence-corrected chi connectivity index (χ2v) is 5.74. The summed E-state index contributed by atoms with van der Waals surface area (Å²) in [6.45, 7) is 5.42. The Bertz CT molecular complexity index is 221. The average molecular weight is 260 g/mol. The predicted molar refractivity (Wildman–Crippen MR) is 71.4 cm³/mol. The van der Waals surface area contributed by atoms with Crippen LogP contribution in [0.25, 0.3) is 0 Å². The molecule has 0 amide bonds. The van der Waals surface area contributed by atoms with Crippen LogP contribution in [0.2, 0.25) is 0 Å². The molecule has 1 heterocycles. The van der Waals surface area contributed by atoms with E-state index < -0.39 is 0 Å². The van der Waals surface area contributed by atoms with Crippen molar-refractivity contribution in [1.82, 2.24) is 0 Å². The molecule has 0 aromatic carbocycles. The fraction of sp³-hybridized carbons (Fsp3) is 0.923. The smallest absolute Gasteiger partial charge is 0.305 e. The molecule has 0 radical (unpaired) electrons. The predicted octanol–water partition coefficient (Wildman–Crippen LogP) is 3.02. The van der Waals surface area contributed by atoms with Crippen LogP contribution in [0.4, 0.5) is 0 Å². The normalized spacial score (nSPS) is 23.9. The van der Waals surface area contributed by atoms with Crippen LogP contribution in [-0.2, 0) is 14.3 Å². The number of hydrogen-bond donors (Lipinski definition) is 0. The second-order valence-electron chi connectivity index (χ2n) is 4.39. The fourth-order valence-electron chi connectivity index (χ4n) is 1.95. The summed E-state index contributed by atoms with van der Waals surface area (Å²) >= 11 is 2.02. The number of esters is 1. The quantitative estimate of drug-likeness (QED) is 0.496. The van der Waals surface area contributed by atoms with Gasteiger partial charge in [-0.3, -0.25) is 4.79 Å². The van der Waals surface area contributed by atoms with E-state index in [1.165, 1.54) is 18.6 Å². The van der Waals surface area contributed by atoms with E-state index in [-0.39, 0.29) is 5.97 Å². The summed E-state index contributed by atoms with van der Waals surface area (Å²) in [5.41, 5.74) is 0. The molecule has 2 unspecified atom stereocenters. The molecule has 1 fully saturated rings. The van der Waals surface area contributed by atoms with Crippen LogP contribution in [0.1, 0.15) is 46.0 Å². The van der Waals surface area contributed by atoms with Gasteiger partial charge in [-0.05, 0) is 38.9 Å². The molecule has 0 bridgehead atoms. The standard InChI is InChI=1S/C13H24O3S/c1-3-15-13(14)7-5-4-6-10-17-12-8-9-16-11(12)2/h11-12H,3-10H2,1-2H3. The van der Waals surface area contributed by atoms with E-state index in [0.717, 1.165) is 19.4 Å². The van der Waals surface area contributed by atoms with Crippen molar-refractivity contribution >= 4 is 17.7 Å². The molecule has 0 aromatic rings. The summed E-state index contributed by atoms with van der Waals surface area (Å²) in [5.74, 6) is 1.12. The van der Waals surface area contributed by atoms with Gasteiger partial charge < -0.3 is 9.47 Å². The maximum Gasteiger partial charge on any atom is 0.305 e. The third-order valence-corrected chi connectivity index (χ3v) is 4.54. The van der Waals surface area contributed by atoms with Crippen molar-refractivity contribution in [3.63, 3.8) is 0 Å². The molecule has 4 heteroatoms.